The Morgan fingerprint density at radius 2 is 1.87 bits per heavy atom. The number of allylic oxidation sites excluding steroid dienone is 2. The third kappa shape index (κ3) is 5.33. The summed E-state index contributed by atoms with van der Waals surface area (Å²) in [5, 5.41) is 0. The van der Waals surface area contributed by atoms with Crippen molar-refractivity contribution < 1.29 is 8.42 Å². The molecule has 0 aromatic heterocycles. The molecule has 1 saturated carbocycles. The molecular weight excluding hydrogens is 306 g/mol. The van der Waals surface area contributed by atoms with Gasteiger partial charge in [-0.3, -0.25) is 0 Å². The van der Waals surface area contributed by atoms with Crippen LogP contribution in [0.3, 0.4) is 0 Å². The predicted octanol–water partition coefficient (Wildman–Crippen LogP) is 4.35. The Labute approximate surface area is 140 Å². The molecule has 0 spiro atoms. The third-order valence-electron chi connectivity index (χ3n) is 4.52. The molecule has 0 heterocycles. The minimum atomic E-state index is -3.47. The van der Waals surface area contributed by atoms with Crippen LogP contribution < -0.4 is 4.72 Å². The van der Waals surface area contributed by atoms with E-state index in [1.54, 1.807) is 18.2 Å². The van der Waals surface area contributed by atoms with Gasteiger partial charge in [-0.05, 0) is 44.2 Å². The number of hydrogen-bond donors (Lipinski definition) is 1. The third-order valence-corrected chi connectivity index (χ3v) is 6.02. The first kappa shape index (κ1) is 18.0. The Hall–Kier alpha value is -1.39. The molecule has 0 amide bonds. The maximum absolute atomic E-state index is 12.7. The summed E-state index contributed by atoms with van der Waals surface area (Å²) in [6, 6.07) is 6.98. The standard InChI is InChI=1S/C19H27NO2S/c1-3-4-6-11-19(17-9-7-5-8-10-17)20-23(21,22)18-14-12-16(2)13-15-18/h3-4,6,12-15,17,19-20H,1,5,7-11H2,2H3/b6-4+. The quantitative estimate of drug-likeness (QED) is 0.754. The van der Waals surface area contributed by atoms with Gasteiger partial charge in [0.1, 0.15) is 0 Å². The highest BCUT2D eigenvalue weighted by atomic mass is 32.2. The Bertz CT molecular complexity index is 626. The van der Waals surface area contributed by atoms with E-state index in [-0.39, 0.29) is 6.04 Å². The smallest absolute Gasteiger partial charge is 0.207 e. The number of aryl methyl sites for hydroxylation is 1. The van der Waals surface area contributed by atoms with E-state index < -0.39 is 10.0 Å². The van der Waals surface area contributed by atoms with Gasteiger partial charge in [0.15, 0.2) is 0 Å². The summed E-state index contributed by atoms with van der Waals surface area (Å²) < 4.78 is 28.3. The van der Waals surface area contributed by atoms with Crippen LogP contribution in [0.2, 0.25) is 0 Å². The van der Waals surface area contributed by atoms with Gasteiger partial charge in [-0.25, -0.2) is 13.1 Å². The summed E-state index contributed by atoms with van der Waals surface area (Å²) in [6.07, 6.45) is 12.2. The first-order valence-electron chi connectivity index (χ1n) is 8.39. The fourth-order valence-corrected chi connectivity index (χ4v) is 4.50. The molecule has 3 nitrogen and oxygen atoms in total. The summed E-state index contributed by atoms with van der Waals surface area (Å²) in [5.74, 6) is 0.415. The van der Waals surface area contributed by atoms with Gasteiger partial charge >= 0.3 is 0 Å². The van der Waals surface area contributed by atoms with Crippen LogP contribution in [0.1, 0.15) is 44.1 Å². The van der Waals surface area contributed by atoms with Crippen molar-refractivity contribution in [2.45, 2.75) is 56.4 Å². The molecule has 1 aromatic rings. The van der Waals surface area contributed by atoms with Crippen LogP contribution in [0, 0.1) is 12.8 Å². The molecular formula is C19H27NO2S. The summed E-state index contributed by atoms with van der Waals surface area (Å²) >= 11 is 0. The SMILES string of the molecule is C=C/C=C/CC(NS(=O)(=O)c1ccc(C)cc1)C1CCCCC1. The minimum Gasteiger partial charge on any atom is -0.207 e. The van der Waals surface area contributed by atoms with Crippen molar-refractivity contribution >= 4 is 10.0 Å². The zero-order valence-corrected chi connectivity index (χ0v) is 14.7. The lowest BCUT2D eigenvalue weighted by Gasteiger charge is -2.30. The molecule has 23 heavy (non-hydrogen) atoms. The van der Waals surface area contributed by atoms with Crippen LogP contribution in [-0.2, 0) is 10.0 Å². The Morgan fingerprint density at radius 1 is 1.22 bits per heavy atom. The van der Waals surface area contributed by atoms with Crippen molar-refractivity contribution in [3.63, 3.8) is 0 Å². The van der Waals surface area contributed by atoms with Crippen molar-refractivity contribution in [2.75, 3.05) is 0 Å². The lowest BCUT2D eigenvalue weighted by atomic mass is 9.83. The van der Waals surface area contributed by atoms with Crippen LogP contribution in [0.25, 0.3) is 0 Å². The van der Waals surface area contributed by atoms with E-state index in [0.717, 1.165) is 18.4 Å². The van der Waals surface area contributed by atoms with Crippen LogP contribution in [0.4, 0.5) is 0 Å². The Balaban J connectivity index is 2.15. The van der Waals surface area contributed by atoms with E-state index in [0.29, 0.717) is 17.2 Å². The number of nitrogens with one attached hydrogen (secondary N) is 1. The first-order chi connectivity index (χ1) is 11.0. The molecule has 1 aromatic carbocycles. The molecule has 1 unspecified atom stereocenters. The minimum absolute atomic E-state index is 0.0437. The highest BCUT2D eigenvalue weighted by molar-refractivity contribution is 7.89. The lowest BCUT2D eigenvalue weighted by molar-refractivity contribution is 0.291. The largest absolute Gasteiger partial charge is 0.240 e. The number of benzene rings is 1. The second-order valence-corrected chi connectivity index (χ2v) is 8.05. The van der Waals surface area contributed by atoms with Gasteiger partial charge in [-0.15, -0.1) is 0 Å². The van der Waals surface area contributed by atoms with Gasteiger partial charge in [0.25, 0.3) is 0 Å². The average Bonchev–Trinajstić information content (AvgIpc) is 2.55. The van der Waals surface area contributed by atoms with Gasteiger partial charge in [0, 0.05) is 6.04 Å². The highest BCUT2D eigenvalue weighted by Crippen LogP contribution is 2.29. The molecule has 0 aliphatic heterocycles. The average molecular weight is 333 g/mol. The van der Waals surface area contributed by atoms with Crippen LogP contribution in [-0.4, -0.2) is 14.5 Å². The molecule has 1 fully saturated rings. The van der Waals surface area contributed by atoms with Crippen molar-refractivity contribution in [3.05, 3.63) is 54.6 Å². The maximum Gasteiger partial charge on any atom is 0.240 e. The van der Waals surface area contributed by atoms with E-state index >= 15 is 0 Å². The first-order valence-corrected chi connectivity index (χ1v) is 9.88. The van der Waals surface area contributed by atoms with Crippen LogP contribution >= 0.6 is 0 Å². The summed E-state index contributed by atoms with van der Waals surface area (Å²) in [7, 11) is -3.47. The number of sulfonamides is 1. The molecule has 2 rings (SSSR count). The predicted molar refractivity (Wildman–Crippen MR) is 95.8 cm³/mol. The molecule has 1 aliphatic rings. The van der Waals surface area contributed by atoms with Crippen molar-refractivity contribution in [2.24, 2.45) is 5.92 Å². The molecule has 0 saturated heterocycles. The van der Waals surface area contributed by atoms with E-state index in [1.807, 2.05) is 31.2 Å². The van der Waals surface area contributed by atoms with Gasteiger partial charge in [0.2, 0.25) is 10.0 Å². The molecule has 4 heteroatoms. The van der Waals surface area contributed by atoms with Gasteiger partial charge in [0.05, 0.1) is 4.90 Å². The van der Waals surface area contributed by atoms with Gasteiger partial charge < -0.3 is 0 Å². The summed E-state index contributed by atoms with van der Waals surface area (Å²) in [4.78, 5) is 0.344. The van der Waals surface area contributed by atoms with E-state index in [9.17, 15) is 8.42 Å². The van der Waals surface area contributed by atoms with E-state index in [2.05, 4.69) is 11.3 Å². The monoisotopic (exact) mass is 333 g/mol. The van der Waals surface area contributed by atoms with E-state index in [1.165, 1.54) is 19.3 Å². The fourth-order valence-electron chi connectivity index (χ4n) is 3.18. The fraction of sp³-hybridized carbons (Fsp3) is 0.474. The summed E-state index contributed by atoms with van der Waals surface area (Å²) in [5.41, 5.74) is 1.06. The number of hydrogen-bond acceptors (Lipinski definition) is 2. The zero-order chi connectivity index (χ0) is 16.7. The van der Waals surface area contributed by atoms with Crippen molar-refractivity contribution in [1.82, 2.24) is 4.72 Å². The Morgan fingerprint density at radius 3 is 2.48 bits per heavy atom. The molecule has 1 aliphatic carbocycles. The lowest BCUT2D eigenvalue weighted by Crippen LogP contribution is -2.40. The van der Waals surface area contributed by atoms with Crippen LogP contribution in [0.5, 0.6) is 0 Å². The second-order valence-electron chi connectivity index (χ2n) is 6.34. The van der Waals surface area contributed by atoms with Gasteiger partial charge in [-0.2, -0.15) is 0 Å². The second kappa shape index (κ2) is 8.46. The Kier molecular flexibility index (Phi) is 6.60. The molecule has 0 radical (unpaired) electrons. The molecule has 1 N–H and O–H groups in total. The highest BCUT2D eigenvalue weighted by Gasteiger charge is 2.27. The normalized spacial score (nSPS) is 18.1. The molecule has 126 valence electrons. The molecule has 0 bridgehead atoms. The van der Waals surface area contributed by atoms with Crippen molar-refractivity contribution in [1.29, 1.82) is 0 Å². The summed E-state index contributed by atoms with van der Waals surface area (Å²) in [6.45, 7) is 5.63. The molecule has 1 atom stereocenters. The number of rotatable bonds is 7. The topological polar surface area (TPSA) is 46.2 Å². The maximum atomic E-state index is 12.7. The van der Waals surface area contributed by atoms with Gasteiger partial charge in [-0.1, -0.05) is 61.8 Å². The van der Waals surface area contributed by atoms with Crippen LogP contribution in [0.15, 0.2) is 54.0 Å². The van der Waals surface area contributed by atoms with E-state index in [4.69, 9.17) is 0 Å². The zero-order valence-electron chi connectivity index (χ0n) is 13.9. The van der Waals surface area contributed by atoms with Crippen molar-refractivity contribution in [3.8, 4) is 0 Å².